The Morgan fingerprint density at radius 1 is 0.848 bits per heavy atom. The Labute approximate surface area is 191 Å². The Morgan fingerprint density at radius 3 is 2.18 bits per heavy atom. The van der Waals surface area contributed by atoms with Gasteiger partial charge in [-0.1, -0.05) is 6.07 Å². The Hall–Kier alpha value is -4.31. The molecule has 1 aromatic heterocycles. The molecule has 0 saturated carbocycles. The van der Waals surface area contributed by atoms with Crippen LogP contribution in [0.4, 0.5) is 11.4 Å². The van der Waals surface area contributed by atoms with E-state index in [2.05, 4.69) is 10.6 Å². The number of imide groups is 1. The number of fused-ring (bicyclic) bond motifs is 1. The van der Waals surface area contributed by atoms with Crippen LogP contribution in [0.1, 0.15) is 47.2 Å². The SMILES string of the molecule is O=C(O)CCN1C(=O)c2ccc(NC(=O)c3ccc(NC(=O)c4cccs4)cc3)cc2C1=O. The lowest BCUT2D eigenvalue weighted by Crippen LogP contribution is -2.31. The van der Waals surface area contributed by atoms with E-state index in [4.69, 9.17) is 5.11 Å². The molecule has 10 heteroatoms. The summed E-state index contributed by atoms with van der Waals surface area (Å²) in [5, 5.41) is 16.0. The largest absolute Gasteiger partial charge is 0.481 e. The van der Waals surface area contributed by atoms with Crippen molar-refractivity contribution >= 4 is 52.3 Å². The highest BCUT2D eigenvalue weighted by Crippen LogP contribution is 2.26. The maximum atomic E-state index is 12.6. The molecule has 3 N–H and O–H groups in total. The molecule has 4 rings (SSSR count). The third-order valence-corrected chi connectivity index (χ3v) is 5.80. The molecule has 2 heterocycles. The molecule has 9 nitrogen and oxygen atoms in total. The molecule has 2 aromatic carbocycles. The van der Waals surface area contributed by atoms with Crippen LogP contribution in [0.5, 0.6) is 0 Å². The smallest absolute Gasteiger partial charge is 0.305 e. The number of carbonyl (C=O) groups excluding carboxylic acids is 4. The minimum Gasteiger partial charge on any atom is -0.481 e. The number of aliphatic carboxylic acids is 1. The highest BCUT2D eigenvalue weighted by atomic mass is 32.1. The van der Waals surface area contributed by atoms with Crippen LogP contribution >= 0.6 is 11.3 Å². The zero-order valence-corrected chi connectivity index (χ0v) is 17.8. The fourth-order valence-corrected chi connectivity index (χ4v) is 3.91. The molecular weight excluding hydrogens is 446 g/mol. The van der Waals surface area contributed by atoms with Crippen molar-refractivity contribution in [3.8, 4) is 0 Å². The number of benzene rings is 2. The molecule has 0 aliphatic carbocycles. The molecule has 1 aliphatic rings. The summed E-state index contributed by atoms with van der Waals surface area (Å²) in [5.41, 5.74) is 1.45. The van der Waals surface area contributed by atoms with Gasteiger partial charge in [-0.3, -0.25) is 28.9 Å². The van der Waals surface area contributed by atoms with E-state index in [1.807, 2.05) is 0 Å². The maximum absolute atomic E-state index is 12.6. The van der Waals surface area contributed by atoms with E-state index >= 15 is 0 Å². The molecular formula is C23H17N3O6S. The molecule has 3 aromatic rings. The third kappa shape index (κ3) is 4.65. The second-order valence-electron chi connectivity index (χ2n) is 7.13. The zero-order chi connectivity index (χ0) is 23.5. The van der Waals surface area contributed by atoms with Crippen molar-refractivity contribution in [3.63, 3.8) is 0 Å². The van der Waals surface area contributed by atoms with E-state index in [0.29, 0.717) is 21.8 Å². The predicted octanol–water partition coefficient (Wildman–Crippen LogP) is 3.32. The van der Waals surface area contributed by atoms with E-state index in [-0.39, 0.29) is 30.0 Å². The van der Waals surface area contributed by atoms with Gasteiger partial charge in [0.05, 0.1) is 22.4 Å². The van der Waals surface area contributed by atoms with Gasteiger partial charge in [-0.15, -0.1) is 11.3 Å². The predicted molar refractivity (Wildman–Crippen MR) is 121 cm³/mol. The number of amides is 4. The van der Waals surface area contributed by atoms with Crippen molar-refractivity contribution in [1.29, 1.82) is 0 Å². The van der Waals surface area contributed by atoms with Gasteiger partial charge in [0, 0.05) is 23.5 Å². The van der Waals surface area contributed by atoms with Crippen molar-refractivity contribution in [1.82, 2.24) is 4.90 Å². The Bertz CT molecular complexity index is 1270. The number of thiophene rings is 1. The number of carbonyl (C=O) groups is 5. The summed E-state index contributed by atoms with van der Waals surface area (Å²) in [7, 11) is 0. The molecule has 0 radical (unpaired) electrons. The normalized spacial score (nSPS) is 12.4. The van der Waals surface area contributed by atoms with E-state index < -0.39 is 23.7 Å². The average Bonchev–Trinajstić information content (AvgIpc) is 3.41. The van der Waals surface area contributed by atoms with Gasteiger partial charge in [0.15, 0.2) is 0 Å². The maximum Gasteiger partial charge on any atom is 0.305 e. The van der Waals surface area contributed by atoms with Gasteiger partial charge >= 0.3 is 5.97 Å². The number of nitrogens with one attached hydrogen (secondary N) is 2. The van der Waals surface area contributed by atoms with E-state index in [9.17, 15) is 24.0 Å². The Balaban J connectivity index is 1.42. The van der Waals surface area contributed by atoms with Crippen molar-refractivity contribution in [2.24, 2.45) is 0 Å². The number of carboxylic acid groups (broad SMARTS) is 1. The van der Waals surface area contributed by atoms with Crippen LogP contribution in [0.3, 0.4) is 0 Å². The molecule has 0 spiro atoms. The zero-order valence-electron chi connectivity index (χ0n) is 17.0. The van der Waals surface area contributed by atoms with Crippen molar-refractivity contribution in [2.75, 3.05) is 17.2 Å². The van der Waals surface area contributed by atoms with Crippen LogP contribution in [-0.4, -0.2) is 46.1 Å². The van der Waals surface area contributed by atoms with Crippen LogP contribution in [0, 0.1) is 0 Å². The van der Waals surface area contributed by atoms with Gasteiger partial charge in [0.2, 0.25) is 0 Å². The summed E-state index contributed by atoms with van der Waals surface area (Å²) >= 11 is 1.32. The lowest BCUT2D eigenvalue weighted by Gasteiger charge is -2.11. The van der Waals surface area contributed by atoms with Crippen molar-refractivity contribution in [2.45, 2.75) is 6.42 Å². The minimum absolute atomic E-state index is 0.106. The van der Waals surface area contributed by atoms with Gasteiger partial charge in [-0.2, -0.15) is 0 Å². The van der Waals surface area contributed by atoms with Crippen LogP contribution in [0.15, 0.2) is 60.0 Å². The van der Waals surface area contributed by atoms with Crippen LogP contribution in [-0.2, 0) is 4.79 Å². The van der Waals surface area contributed by atoms with E-state index in [1.165, 1.54) is 29.5 Å². The van der Waals surface area contributed by atoms with E-state index in [1.54, 1.807) is 41.8 Å². The molecule has 4 amide bonds. The fourth-order valence-electron chi connectivity index (χ4n) is 3.29. The fraction of sp³-hybridized carbons (Fsp3) is 0.0870. The lowest BCUT2D eigenvalue weighted by atomic mass is 10.1. The summed E-state index contributed by atoms with van der Waals surface area (Å²) in [6.07, 6.45) is -0.348. The minimum atomic E-state index is -1.11. The standard InChI is InChI=1S/C23H17N3O6S/c27-19(28)9-10-26-22(31)16-8-7-15(12-17(16)23(26)32)25-20(29)13-3-5-14(6-4-13)24-21(30)18-2-1-11-33-18/h1-8,11-12H,9-10H2,(H,24,30)(H,25,29)(H,27,28). The summed E-state index contributed by atoms with van der Waals surface area (Å²) in [4.78, 5) is 61.8. The number of anilines is 2. The first-order chi connectivity index (χ1) is 15.8. The van der Waals surface area contributed by atoms with E-state index in [0.717, 1.165) is 4.90 Å². The first kappa shape index (κ1) is 21.9. The summed E-state index contributed by atoms with van der Waals surface area (Å²) in [5.74, 6) is -2.95. The summed E-state index contributed by atoms with van der Waals surface area (Å²) in [6, 6.07) is 14.1. The molecule has 0 saturated heterocycles. The van der Waals surface area contributed by atoms with Gasteiger partial charge in [-0.25, -0.2) is 0 Å². The Kier molecular flexibility index (Phi) is 6.01. The highest BCUT2D eigenvalue weighted by molar-refractivity contribution is 7.12. The molecule has 1 aliphatic heterocycles. The van der Waals surface area contributed by atoms with Crippen molar-refractivity contribution in [3.05, 3.63) is 81.5 Å². The molecule has 33 heavy (non-hydrogen) atoms. The number of hydrogen-bond donors (Lipinski definition) is 3. The number of rotatable bonds is 7. The monoisotopic (exact) mass is 463 g/mol. The number of hydrogen-bond acceptors (Lipinski definition) is 6. The average molecular weight is 463 g/mol. The van der Waals surface area contributed by atoms with Gasteiger partial charge in [0.1, 0.15) is 0 Å². The summed E-state index contributed by atoms with van der Waals surface area (Å²) in [6.45, 7) is -0.223. The second-order valence-corrected chi connectivity index (χ2v) is 8.08. The lowest BCUT2D eigenvalue weighted by molar-refractivity contribution is -0.137. The second kappa shape index (κ2) is 9.05. The van der Waals surface area contributed by atoms with Gasteiger partial charge < -0.3 is 15.7 Å². The van der Waals surface area contributed by atoms with Crippen LogP contribution in [0.2, 0.25) is 0 Å². The van der Waals surface area contributed by atoms with Crippen LogP contribution < -0.4 is 10.6 Å². The molecule has 0 bridgehead atoms. The topological polar surface area (TPSA) is 133 Å². The molecule has 0 atom stereocenters. The van der Waals surface area contributed by atoms with Gasteiger partial charge in [0.25, 0.3) is 23.6 Å². The Morgan fingerprint density at radius 2 is 1.52 bits per heavy atom. The molecule has 0 fully saturated rings. The third-order valence-electron chi connectivity index (χ3n) is 4.93. The first-order valence-electron chi connectivity index (χ1n) is 9.82. The number of carboxylic acids is 1. The molecule has 166 valence electrons. The quantitative estimate of drug-likeness (QED) is 0.461. The highest BCUT2D eigenvalue weighted by Gasteiger charge is 2.35. The number of nitrogens with zero attached hydrogens (tertiary/aromatic N) is 1. The van der Waals surface area contributed by atoms with Gasteiger partial charge in [-0.05, 0) is 53.9 Å². The molecule has 0 unspecified atom stereocenters. The van der Waals surface area contributed by atoms with Crippen LogP contribution in [0.25, 0.3) is 0 Å². The first-order valence-corrected chi connectivity index (χ1v) is 10.7. The summed E-state index contributed by atoms with van der Waals surface area (Å²) < 4.78 is 0. The van der Waals surface area contributed by atoms with Crippen molar-refractivity contribution < 1.29 is 29.1 Å².